The van der Waals surface area contributed by atoms with Crippen molar-refractivity contribution in [2.75, 3.05) is 18.6 Å². The van der Waals surface area contributed by atoms with Crippen LogP contribution in [0.3, 0.4) is 0 Å². The van der Waals surface area contributed by atoms with Crippen LogP contribution < -0.4 is 9.64 Å². The van der Waals surface area contributed by atoms with Gasteiger partial charge in [0.05, 0.1) is 18.4 Å². The average Bonchev–Trinajstić information content (AvgIpc) is 2.60. The zero-order valence-corrected chi connectivity index (χ0v) is 9.60. The fourth-order valence-corrected chi connectivity index (χ4v) is 1.85. The van der Waals surface area contributed by atoms with Crippen molar-refractivity contribution in [2.24, 2.45) is 0 Å². The van der Waals surface area contributed by atoms with Crippen LogP contribution in [0.25, 0.3) is 0 Å². The van der Waals surface area contributed by atoms with Crippen LogP contribution in [0.15, 0.2) is 30.9 Å². The summed E-state index contributed by atoms with van der Waals surface area (Å²) in [5, 5.41) is 0. The normalized spacial score (nSPS) is 13.8. The molecule has 1 aromatic carbocycles. The molecule has 0 N–H and O–H groups in total. The molecule has 88 valence electrons. The Morgan fingerprint density at radius 2 is 2.18 bits per heavy atom. The number of fused-ring (bicyclic) bond motifs is 1. The van der Waals surface area contributed by atoms with Gasteiger partial charge in [-0.2, -0.15) is 0 Å². The lowest BCUT2D eigenvalue weighted by Gasteiger charge is -2.15. The molecular formula is C13H13NO3. The van der Waals surface area contributed by atoms with Crippen molar-refractivity contribution in [2.45, 2.75) is 6.42 Å². The summed E-state index contributed by atoms with van der Waals surface area (Å²) >= 11 is 0. The summed E-state index contributed by atoms with van der Waals surface area (Å²) < 4.78 is 5.04. The van der Waals surface area contributed by atoms with E-state index in [1.165, 1.54) is 12.0 Å². The lowest BCUT2D eigenvalue weighted by Crippen LogP contribution is -2.30. The summed E-state index contributed by atoms with van der Waals surface area (Å²) in [7, 11) is 1.53. The van der Waals surface area contributed by atoms with E-state index in [-0.39, 0.29) is 0 Å². The maximum atomic E-state index is 11.8. The minimum absolute atomic E-state index is 0.415. The fraction of sp³-hybridized carbons (Fsp3) is 0.231. The molecule has 1 aromatic rings. The molecule has 0 radical (unpaired) electrons. The van der Waals surface area contributed by atoms with Crippen LogP contribution in [0.2, 0.25) is 0 Å². The quantitative estimate of drug-likeness (QED) is 0.586. The van der Waals surface area contributed by atoms with Gasteiger partial charge in [0.1, 0.15) is 5.75 Å². The first-order valence-electron chi connectivity index (χ1n) is 5.34. The number of Topliss-reactive ketones (excluding diaryl/α,β-unsaturated/α-hetero) is 1. The van der Waals surface area contributed by atoms with Crippen LogP contribution in [0.1, 0.15) is 16.8 Å². The van der Waals surface area contributed by atoms with Crippen molar-refractivity contribution in [1.82, 2.24) is 0 Å². The average molecular weight is 231 g/mol. The predicted octanol–water partition coefficient (Wildman–Crippen LogP) is 1.80. The van der Waals surface area contributed by atoms with Gasteiger partial charge in [0, 0.05) is 6.54 Å². The minimum atomic E-state index is -0.477. The highest BCUT2D eigenvalue weighted by atomic mass is 16.5. The van der Waals surface area contributed by atoms with E-state index < -0.39 is 11.7 Å². The second-order valence-electron chi connectivity index (χ2n) is 3.75. The Balaban J connectivity index is 2.40. The standard InChI is InChI=1S/C13H13NO3/c1-3-4-7-14-11-6-5-9(17-2)8-10(11)12(15)13(14)16/h3,5-6,8H,1,4,7H2,2H3. The highest BCUT2D eigenvalue weighted by Gasteiger charge is 2.35. The Labute approximate surface area is 99.5 Å². The Kier molecular flexibility index (Phi) is 2.95. The number of benzene rings is 1. The second-order valence-corrected chi connectivity index (χ2v) is 3.75. The first-order valence-corrected chi connectivity index (χ1v) is 5.34. The first-order chi connectivity index (χ1) is 8.19. The number of methoxy groups -OCH3 is 1. The summed E-state index contributed by atoms with van der Waals surface area (Å²) in [6, 6.07) is 5.08. The van der Waals surface area contributed by atoms with Crippen LogP contribution in [-0.2, 0) is 4.79 Å². The molecule has 0 aromatic heterocycles. The Morgan fingerprint density at radius 3 is 2.82 bits per heavy atom. The number of carbonyl (C=O) groups excluding carboxylic acids is 2. The zero-order valence-electron chi connectivity index (χ0n) is 9.60. The molecular weight excluding hydrogens is 218 g/mol. The number of rotatable bonds is 4. The van der Waals surface area contributed by atoms with Crippen LogP contribution in [0, 0.1) is 0 Å². The molecule has 0 aliphatic carbocycles. The van der Waals surface area contributed by atoms with Crippen LogP contribution in [0.5, 0.6) is 5.75 Å². The number of ether oxygens (including phenoxy) is 1. The van der Waals surface area contributed by atoms with Gasteiger partial charge in [-0.1, -0.05) is 6.08 Å². The molecule has 4 heteroatoms. The number of anilines is 1. The number of nitrogens with zero attached hydrogens (tertiary/aromatic N) is 1. The molecule has 1 aliphatic heterocycles. The van der Waals surface area contributed by atoms with Crippen molar-refractivity contribution < 1.29 is 14.3 Å². The van der Waals surface area contributed by atoms with Crippen molar-refractivity contribution in [3.05, 3.63) is 36.4 Å². The van der Waals surface area contributed by atoms with Gasteiger partial charge in [0.25, 0.3) is 11.7 Å². The summed E-state index contributed by atoms with van der Waals surface area (Å²) in [6.07, 6.45) is 2.38. The monoisotopic (exact) mass is 231 g/mol. The van der Waals surface area contributed by atoms with Gasteiger partial charge >= 0.3 is 0 Å². The highest BCUT2D eigenvalue weighted by molar-refractivity contribution is 6.52. The molecule has 0 spiro atoms. The molecule has 4 nitrogen and oxygen atoms in total. The summed E-state index contributed by atoms with van der Waals surface area (Å²) in [4.78, 5) is 25.0. The molecule has 2 rings (SSSR count). The molecule has 0 saturated carbocycles. The number of carbonyl (C=O) groups is 2. The van der Waals surface area contributed by atoms with Crippen LogP contribution in [-0.4, -0.2) is 25.3 Å². The Hall–Kier alpha value is -2.10. The third-order valence-corrected chi connectivity index (χ3v) is 2.74. The van der Waals surface area contributed by atoms with Gasteiger partial charge in [-0.15, -0.1) is 6.58 Å². The number of ketones is 1. The van der Waals surface area contributed by atoms with Crippen LogP contribution in [0.4, 0.5) is 5.69 Å². The lowest BCUT2D eigenvalue weighted by atomic mass is 10.1. The first kappa shape index (κ1) is 11.4. The van der Waals surface area contributed by atoms with Gasteiger partial charge in [0.15, 0.2) is 0 Å². The van der Waals surface area contributed by atoms with Crippen molar-refractivity contribution in [3.8, 4) is 5.75 Å². The summed E-state index contributed by atoms with van der Waals surface area (Å²) in [6.45, 7) is 4.09. The van der Waals surface area contributed by atoms with Crippen LogP contribution >= 0.6 is 0 Å². The molecule has 1 amide bonds. The number of amides is 1. The van der Waals surface area contributed by atoms with Crippen molar-refractivity contribution in [3.63, 3.8) is 0 Å². The predicted molar refractivity (Wildman–Crippen MR) is 64.5 cm³/mol. The van der Waals surface area contributed by atoms with Crippen molar-refractivity contribution in [1.29, 1.82) is 0 Å². The molecule has 1 aliphatic rings. The van der Waals surface area contributed by atoms with E-state index in [4.69, 9.17) is 4.74 Å². The minimum Gasteiger partial charge on any atom is -0.497 e. The highest BCUT2D eigenvalue weighted by Crippen LogP contribution is 2.31. The van der Waals surface area contributed by atoms with E-state index in [9.17, 15) is 9.59 Å². The summed E-state index contributed by atoms with van der Waals surface area (Å²) in [5.41, 5.74) is 1.07. The maximum Gasteiger partial charge on any atom is 0.299 e. The molecule has 0 bridgehead atoms. The van der Waals surface area contributed by atoms with E-state index in [2.05, 4.69) is 6.58 Å². The SMILES string of the molecule is C=CCCN1C(=O)C(=O)c2cc(OC)ccc21. The topological polar surface area (TPSA) is 46.6 Å². The molecule has 0 saturated heterocycles. The van der Waals surface area contributed by atoms with Gasteiger partial charge < -0.3 is 9.64 Å². The maximum absolute atomic E-state index is 11.8. The molecule has 1 heterocycles. The van der Waals surface area contributed by atoms with E-state index in [1.807, 2.05) is 0 Å². The third-order valence-electron chi connectivity index (χ3n) is 2.74. The summed E-state index contributed by atoms with van der Waals surface area (Å²) in [5.74, 6) is -0.367. The van der Waals surface area contributed by atoms with E-state index in [1.54, 1.807) is 24.3 Å². The lowest BCUT2D eigenvalue weighted by molar-refractivity contribution is -0.114. The second kappa shape index (κ2) is 4.41. The third kappa shape index (κ3) is 1.82. The molecule has 0 atom stereocenters. The smallest absolute Gasteiger partial charge is 0.299 e. The molecule has 0 fully saturated rings. The largest absolute Gasteiger partial charge is 0.497 e. The number of hydrogen-bond acceptors (Lipinski definition) is 3. The molecule has 17 heavy (non-hydrogen) atoms. The Morgan fingerprint density at radius 1 is 1.41 bits per heavy atom. The van der Waals surface area contributed by atoms with Gasteiger partial charge in [-0.25, -0.2) is 0 Å². The van der Waals surface area contributed by atoms with E-state index >= 15 is 0 Å². The van der Waals surface area contributed by atoms with Gasteiger partial charge in [-0.3, -0.25) is 9.59 Å². The zero-order chi connectivity index (χ0) is 12.4. The number of hydrogen-bond donors (Lipinski definition) is 0. The van der Waals surface area contributed by atoms with Gasteiger partial charge in [-0.05, 0) is 24.6 Å². The molecule has 0 unspecified atom stereocenters. The van der Waals surface area contributed by atoms with Gasteiger partial charge in [0.2, 0.25) is 0 Å². The Bertz CT molecular complexity index is 493. The van der Waals surface area contributed by atoms with E-state index in [0.29, 0.717) is 30.0 Å². The van der Waals surface area contributed by atoms with E-state index in [0.717, 1.165) is 0 Å². The fourth-order valence-electron chi connectivity index (χ4n) is 1.85. The van der Waals surface area contributed by atoms with Crippen molar-refractivity contribution >= 4 is 17.4 Å².